The van der Waals surface area contributed by atoms with Crippen molar-refractivity contribution in [3.8, 4) is 5.75 Å². The van der Waals surface area contributed by atoms with Gasteiger partial charge in [0.2, 0.25) is 0 Å². The number of carboxylic acids is 1. The number of benzene rings is 2. The molecule has 6 nitrogen and oxygen atoms in total. The third kappa shape index (κ3) is 6.10. The van der Waals surface area contributed by atoms with Gasteiger partial charge in [-0.2, -0.15) is 0 Å². The number of rotatable bonds is 8. The Hall–Kier alpha value is -3.45. The Balaban J connectivity index is 1.35. The van der Waals surface area contributed by atoms with Crippen LogP contribution in [0.2, 0.25) is 0 Å². The van der Waals surface area contributed by atoms with Gasteiger partial charge in [0.1, 0.15) is 17.4 Å². The van der Waals surface area contributed by atoms with Crippen LogP contribution in [0.1, 0.15) is 87.2 Å². The molecule has 1 aromatic heterocycles. The summed E-state index contributed by atoms with van der Waals surface area (Å²) in [7, 11) is 0. The van der Waals surface area contributed by atoms with Gasteiger partial charge in [0, 0.05) is 22.7 Å². The highest BCUT2D eigenvalue weighted by molar-refractivity contribution is 7.16. The fourth-order valence-electron chi connectivity index (χ4n) is 5.13. The number of amides is 1. The Kier molecular flexibility index (Phi) is 7.99. The Morgan fingerprint density at radius 1 is 1.00 bits per heavy atom. The summed E-state index contributed by atoms with van der Waals surface area (Å²) < 4.78 is 6.06. The summed E-state index contributed by atoms with van der Waals surface area (Å²) in [5.74, 6) is -0.244. The summed E-state index contributed by atoms with van der Waals surface area (Å²) in [4.78, 5) is 30.6. The minimum atomic E-state index is -0.948. The number of thiophene rings is 1. The second kappa shape index (κ2) is 11.7. The van der Waals surface area contributed by atoms with Crippen molar-refractivity contribution in [1.82, 2.24) is 5.32 Å². The maximum Gasteiger partial charge on any atom is 0.335 e. The van der Waals surface area contributed by atoms with Crippen molar-refractivity contribution in [2.45, 2.75) is 70.4 Å². The maximum absolute atomic E-state index is 13.4. The fraction of sp³-hybridized carbons (Fsp3) is 0.367. The number of hydrogen-bond donors (Lipinski definition) is 2. The number of fused-ring (bicyclic) bond motifs is 1. The largest absolute Gasteiger partial charge is 0.488 e. The number of ether oxygens (including phenoxy) is 1. The lowest BCUT2D eigenvalue weighted by molar-refractivity contribution is 0.0696. The number of aryl methyl sites for hydroxylation is 1. The highest BCUT2D eigenvalue weighted by atomic mass is 32.1. The molecule has 7 heteroatoms. The van der Waals surface area contributed by atoms with Crippen molar-refractivity contribution in [1.29, 1.82) is 0 Å². The number of nitrogens with zero attached hydrogens (tertiary/aromatic N) is 1. The summed E-state index contributed by atoms with van der Waals surface area (Å²) in [6.45, 7) is 0.313. The van der Waals surface area contributed by atoms with Crippen LogP contribution in [0, 0.1) is 0 Å². The van der Waals surface area contributed by atoms with Crippen LogP contribution in [-0.4, -0.2) is 29.2 Å². The van der Waals surface area contributed by atoms with E-state index in [4.69, 9.17) is 14.8 Å². The van der Waals surface area contributed by atoms with Crippen LogP contribution in [0.15, 0.2) is 53.5 Å². The Bertz CT molecular complexity index is 1290. The molecule has 0 bridgehead atoms. The molecule has 2 aliphatic carbocycles. The number of carboxylic acid groups (broad SMARTS) is 1. The number of hydrogen-bond acceptors (Lipinski definition) is 5. The molecule has 0 saturated heterocycles. The van der Waals surface area contributed by atoms with Crippen LogP contribution >= 0.6 is 11.3 Å². The normalized spacial score (nSPS) is 15.9. The van der Waals surface area contributed by atoms with E-state index in [1.807, 2.05) is 24.3 Å². The molecule has 192 valence electrons. The van der Waals surface area contributed by atoms with E-state index in [0.29, 0.717) is 12.4 Å². The van der Waals surface area contributed by atoms with E-state index in [1.165, 1.54) is 29.7 Å². The van der Waals surface area contributed by atoms with E-state index < -0.39 is 5.97 Å². The SMILES string of the molecule is O=C(O)c1ccc(COc2ccccc2C=Nc2sc3c(c2C(=O)NC2CCCCC2)CCCC3)cc1. The Morgan fingerprint density at radius 3 is 2.54 bits per heavy atom. The molecule has 1 saturated carbocycles. The average molecular weight is 517 g/mol. The molecule has 5 rings (SSSR count). The van der Waals surface area contributed by atoms with Crippen LogP contribution in [0.25, 0.3) is 0 Å². The van der Waals surface area contributed by atoms with Gasteiger partial charge in [0.25, 0.3) is 5.91 Å². The van der Waals surface area contributed by atoms with Gasteiger partial charge >= 0.3 is 5.97 Å². The molecule has 1 amide bonds. The topological polar surface area (TPSA) is 88.0 Å². The summed E-state index contributed by atoms with van der Waals surface area (Å²) in [5, 5.41) is 13.2. The highest BCUT2D eigenvalue weighted by Crippen LogP contribution is 2.40. The van der Waals surface area contributed by atoms with Crippen molar-refractivity contribution in [2.75, 3.05) is 0 Å². The lowest BCUT2D eigenvalue weighted by atomic mass is 9.93. The molecule has 0 spiro atoms. The zero-order valence-electron chi connectivity index (χ0n) is 20.9. The van der Waals surface area contributed by atoms with Gasteiger partial charge in [-0.05, 0) is 73.9 Å². The van der Waals surface area contributed by atoms with Crippen LogP contribution in [0.5, 0.6) is 5.75 Å². The highest BCUT2D eigenvalue weighted by Gasteiger charge is 2.27. The van der Waals surface area contributed by atoms with Gasteiger partial charge in [0.05, 0.1) is 11.1 Å². The van der Waals surface area contributed by atoms with E-state index in [2.05, 4.69) is 5.32 Å². The first-order chi connectivity index (χ1) is 18.1. The molecule has 2 N–H and O–H groups in total. The van der Waals surface area contributed by atoms with Gasteiger partial charge in [-0.15, -0.1) is 11.3 Å². The van der Waals surface area contributed by atoms with Crippen LogP contribution in [0.3, 0.4) is 0 Å². The molecule has 0 atom stereocenters. The van der Waals surface area contributed by atoms with Crippen LogP contribution in [-0.2, 0) is 19.4 Å². The van der Waals surface area contributed by atoms with Gasteiger partial charge in [0.15, 0.2) is 0 Å². The second-order valence-electron chi connectivity index (χ2n) is 9.79. The minimum absolute atomic E-state index is 0.0211. The summed E-state index contributed by atoms with van der Waals surface area (Å²) in [5.41, 5.74) is 3.90. The lowest BCUT2D eigenvalue weighted by Crippen LogP contribution is -2.36. The quantitative estimate of drug-likeness (QED) is 0.326. The second-order valence-corrected chi connectivity index (χ2v) is 10.9. The number of carbonyl (C=O) groups is 2. The predicted octanol–water partition coefficient (Wildman–Crippen LogP) is 6.72. The van der Waals surface area contributed by atoms with Crippen molar-refractivity contribution in [3.63, 3.8) is 0 Å². The molecule has 1 heterocycles. The van der Waals surface area contributed by atoms with E-state index in [1.54, 1.807) is 41.8 Å². The lowest BCUT2D eigenvalue weighted by Gasteiger charge is -2.23. The van der Waals surface area contributed by atoms with Gasteiger partial charge in [-0.25, -0.2) is 9.79 Å². The number of nitrogens with one attached hydrogen (secondary N) is 1. The van der Waals surface area contributed by atoms with Gasteiger partial charge in [-0.1, -0.05) is 43.5 Å². The number of aromatic carboxylic acids is 1. The first-order valence-corrected chi connectivity index (χ1v) is 13.9. The van der Waals surface area contributed by atoms with Crippen LogP contribution < -0.4 is 10.1 Å². The molecular formula is C30H32N2O4S. The first-order valence-electron chi connectivity index (χ1n) is 13.1. The van der Waals surface area contributed by atoms with E-state index in [-0.39, 0.29) is 17.5 Å². The zero-order chi connectivity index (χ0) is 25.6. The third-order valence-electron chi connectivity index (χ3n) is 7.16. The Morgan fingerprint density at radius 2 is 1.76 bits per heavy atom. The van der Waals surface area contributed by atoms with E-state index in [9.17, 15) is 9.59 Å². The van der Waals surface area contributed by atoms with Crippen molar-refractivity contribution in [3.05, 3.63) is 81.2 Å². The molecule has 2 aliphatic rings. The van der Waals surface area contributed by atoms with Crippen LogP contribution in [0.4, 0.5) is 5.00 Å². The first kappa shape index (κ1) is 25.2. The molecule has 2 aromatic carbocycles. The van der Waals surface area contributed by atoms with E-state index in [0.717, 1.165) is 60.2 Å². The summed E-state index contributed by atoms with van der Waals surface area (Å²) >= 11 is 1.64. The fourth-order valence-corrected chi connectivity index (χ4v) is 6.36. The maximum atomic E-state index is 13.4. The molecule has 0 unspecified atom stereocenters. The smallest absolute Gasteiger partial charge is 0.335 e. The number of carbonyl (C=O) groups excluding carboxylic acids is 1. The molecule has 1 fully saturated rings. The molecule has 37 heavy (non-hydrogen) atoms. The molecule has 0 radical (unpaired) electrons. The van der Waals surface area contributed by atoms with Crippen molar-refractivity contribution < 1.29 is 19.4 Å². The van der Waals surface area contributed by atoms with E-state index >= 15 is 0 Å². The zero-order valence-corrected chi connectivity index (χ0v) is 21.7. The van der Waals surface area contributed by atoms with Gasteiger partial charge in [-0.3, -0.25) is 4.79 Å². The minimum Gasteiger partial charge on any atom is -0.488 e. The van der Waals surface area contributed by atoms with Gasteiger partial charge < -0.3 is 15.2 Å². The molecule has 0 aliphatic heterocycles. The standard InChI is InChI=1S/C30H32N2O4S/c33-28(32-23-9-2-1-3-10-23)27-24-11-5-7-13-26(24)37-29(27)31-18-22-8-4-6-12-25(22)36-19-20-14-16-21(17-15-20)30(34)35/h4,6,8,12,14-18,23H,1-3,5,7,9-11,13,19H2,(H,32,33)(H,34,35). The summed E-state index contributed by atoms with van der Waals surface area (Å²) in [6, 6.07) is 14.6. The van der Waals surface area contributed by atoms with Crippen molar-refractivity contribution in [2.24, 2.45) is 4.99 Å². The molecular weight excluding hydrogens is 484 g/mol. The monoisotopic (exact) mass is 516 g/mol. The average Bonchev–Trinajstić information content (AvgIpc) is 3.30. The number of para-hydroxylation sites is 1. The number of aliphatic imine (C=N–C) groups is 1. The van der Waals surface area contributed by atoms with Crippen molar-refractivity contribution >= 4 is 34.4 Å². The predicted molar refractivity (Wildman–Crippen MR) is 147 cm³/mol. The third-order valence-corrected chi connectivity index (χ3v) is 8.36. The summed E-state index contributed by atoms with van der Waals surface area (Å²) in [6.07, 6.45) is 11.7. The Labute approximate surface area is 221 Å². The molecule has 3 aromatic rings.